The molecule has 3 rings (SSSR count). The lowest BCUT2D eigenvalue weighted by Gasteiger charge is -2.34. The smallest absolute Gasteiger partial charge is 0.244 e. The second kappa shape index (κ2) is 13.1. The highest BCUT2D eigenvalue weighted by molar-refractivity contribution is 7.92. The van der Waals surface area contributed by atoms with Gasteiger partial charge in [-0.1, -0.05) is 71.8 Å². The molecule has 3 aromatic carbocycles. The van der Waals surface area contributed by atoms with E-state index in [1.165, 1.54) is 11.0 Å². The number of hydrogen-bond acceptors (Lipinski definition) is 4. The van der Waals surface area contributed by atoms with Crippen molar-refractivity contribution in [1.29, 1.82) is 0 Å². The van der Waals surface area contributed by atoms with Gasteiger partial charge in [0.15, 0.2) is 0 Å². The number of rotatable bonds is 11. The minimum Gasteiger partial charge on any atom is -0.352 e. The molecule has 39 heavy (non-hydrogen) atoms. The van der Waals surface area contributed by atoms with Crippen LogP contribution in [0.3, 0.4) is 0 Å². The van der Waals surface area contributed by atoms with E-state index >= 15 is 0 Å². The number of amides is 2. The summed E-state index contributed by atoms with van der Waals surface area (Å²) in [6.45, 7) is 5.05. The van der Waals surface area contributed by atoms with Crippen LogP contribution >= 0.6 is 11.6 Å². The van der Waals surface area contributed by atoms with E-state index in [0.29, 0.717) is 0 Å². The van der Waals surface area contributed by atoms with Gasteiger partial charge in [-0.3, -0.25) is 13.9 Å². The molecule has 7 nitrogen and oxygen atoms in total. The Morgan fingerprint density at radius 3 is 2.23 bits per heavy atom. The first-order valence-electron chi connectivity index (χ1n) is 12.5. The van der Waals surface area contributed by atoms with E-state index in [9.17, 15) is 22.4 Å². The minimum atomic E-state index is -3.98. The average molecular weight is 574 g/mol. The van der Waals surface area contributed by atoms with Crippen LogP contribution in [0.5, 0.6) is 0 Å². The van der Waals surface area contributed by atoms with Crippen molar-refractivity contribution >= 4 is 39.1 Å². The number of aryl methyl sites for hydroxylation is 1. The van der Waals surface area contributed by atoms with Crippen LogP contribution in [0.1, 0.15) is 30.5 Å². The third-order valence-electron chi connectivity index (χ3n) is 6.01. The number of carbonyl (C=O) groups excluding carboxylic acids is 2. The van der Waals surface area contributed by atoms with Gasteiger partial charge in [-0.25, -0.2) is 12.8 Å². The normalized spacial score (nSPS) is 12.2. The number of sulfonamides is 1. The molecule has 3 aromatic rings. The molecule has 2 amide bonds. The molecule has 1 atom stereocenters. The zero-order valence-corrected chi connectivity index (χ0v) is 24.0. The first-order chi connectivity index (χ1) is 18.3. The fourth-order valence-corrected chi connectivity index (χ4v) is 5.21. The van der Waals surface area contributed by atoms with Crippen molar-refractivity contribution in [2.24, 2.45) is 0 Å². The Bertz CT molecular complexity index is 1420. The van der Waals surface area contributed by atoms with Gasteiger partial charge >= 0.3 is 0 Å². The summed E-state index contributed by atoms with van der Waals surface area (Å²) in [5, 5.41) is 2.63. The summed E-state index contributed by atoms with van der Waals surface area (Å²) in [4.78, 5) is 28.9. The Balaban J connectivity index is 2.07. The van der Waals surface area contributed by atoms with Crippen LogP contribution in [0.25, 0.3) is 0 Å². The fraction of sp³-hybridized carbons (Fsp3) is 0.310. The molecule has 0 heterocycles. The summed E-state index contributed by atoms with van der Waals surface area (Å²) >= 11 is 5.92. The molecular formula is C29H33ClFN3O4S. The van der Waals surface area contributed by atoms with Crippen molar-refractivity contribution in [2.75, 3.05) is 17.1 Å². The number of nitrogens with one attached hydrogen (secondary N) is 1. The molecule has 0 bridgehead atoms. The molecule has 0 saturated carbocycles. The molecule has 0 aliphatic rings. The van der Waals surface area contributed by atoms with Crippen LogP contribution in [0.2, 0.25) is 5.02 Å². The maximum Gasteiger partial charge on any atom is 0.244 e. The molecule has 0 saturated heterocycles. The van der Waals surface area contributed by atoms with Crippen molar-refractivity contribution in [3.63, 3.8) is 0 Å². The molecule has 0 aliphatic carbocycles. The molecule has 0 aromatic heterocycles. The monoisotopic (exact) mass is 573 g/mol. The first-order valence-corrected chi connectivity index (χ1v) is 14.7. The maximum absolute atomic E-state index is 14.0. The van der Waals surface area contributed by atoms with E-state index in [0.717, 1.165) is 39.4 Å². The zero-order valence-electron chi connectivity index (χ0n) is 22.4. The van der Waals surface area contributed by atoms with E-state index in [-0.39, 0.29) is 35.6 Å². The number of nitrogens with zero attached hydrogens (tertiary/aromatic N) is 2. The van der Waals surface area contributed by atoms with Gasteiger partial charge in [-0.05, 0) is 50.1 Å². The van der Waals surface area contributed by atoms with Gasteiger partial charge in [0.25, 0.3) is 0 Å². The van der Waals surface area contributed by atoms with Crippen LogP contribution in [0, 0.1) is 12.7 Å². The number of benzene rings is 3. The molecule has 208 valence electrons. The van der Waals surface area contributed by atoms with Gasteiger partial charge in [0.05, 0.1) is 17.0 Å². The third kappa shape index (κ3) is 8.53. The molecule has 0 fully saturated rings. The van der Waals surface area contributed by atoms with E-state index in [1.54, 1.807) is 0 Å². The number of anilines is 1. The standard InChI is InChI=1S/C29H33ClFN3O4S/c1-20(2)32-29(36)27(16-22-10-6-5-7-11-22)33(18-23-12-8-9-21(3)15-23)28(35)19-34(39(4,37)38)24-13-14-26(31)25(30)17-24/h5-15,17,20,27H,16,18-19H2,1-4H3,(H,32,36). The van der Waals surface area contributed by atoms with E-state index in [1.807, 2.05) is 75.4 Å². The molecule has 0 radical (unpaired) electrons. The van der Waals surface area contributed by atoms with Crippen LogP contribution in [-0.4, -0.2) is 50.0 Å². The van der Waals surface area contributed by atoms with Gasteiger partial charge in [-0.2, -0.15) is 0 Å². The van der Waals surface area contributed by atoms with E-state index in [2.05, 4.69) is 5.32 Å². The Hall–Kier alpha value is -3.43. The Kier molecular flexibility index (Phi) is 10.1. The summed E-state index contributed by atoms with van der Waals surface area (Å²) in [5.41, 5.74) is 2.65. The SMILES string of the molecule is Cc1cccc(CN(C(=O)CN(c2ccc(F)c(Cl)c2)S(C)(=O)=O)C(Cc2ccccc2)C(=O)NC(C)C)c1. The second-order valence-corrected chi connectivity index (χ2v) is 12.1. The predicted octanol–water partition coefficient (Wildman–Crippen LogP) is 4.72. The second-order valence-electron chi connectivity index (χ2n) is 9.75. The number of hydrogen-bond donors (Lipinski definition) is 1. The van der Waals surface area contributed by atoms with Gasteiger partial charge in [0, 0.05) is 19.0 Å². The predicted molar refractivity (Wildman–Crippen MR) is 153 cm³/mol. The third-order valence-corrected chi connectivity index (χ3v) is 7.44. The van der Waals surface area contributed by atoms with Gasteiger partial charge in [-0.15, -0.1) is 0 Å². The van der Waals surface area contributed by atoms with Gasteiger partial charge in [0.2, 0.25) is 21.8 Å². The summed E-state index contributed by atoms with van der Waals surface area (Å²) in [6.07, 6.45) is 1.17. The molecular weight excluding hydrogens is 541 g/mol. The van der Waals surface area contributed by atoms with Crippen LogP contribution in [-0.2, 0) is 32.6 Å². The van der Waals surface area contributed by atoms with Crippen LogP contribution in [0.15, 0.2) is 72.8 Å². The zero-order chi connectivity index (χ0) is 28.7. The van der Waals surface area contributed by atoms with Gasteiger partial charge in [0.1, 0.15) is 18.4 Å². The summed E-state index contributed by atoms with van der Waals surface area (Å²) in [5.74, 6) is -1.66. The van der Waals surface area contributed by atoms with Crippen molar-refractivity contribution in [3.05, 3.63) is 100 Å². The largest absolute Gasteiger partial charge is 0.352 e. The lowest BCUT2D eigenvalue weighted by atomic mass is 10.0. The van der Waals surface area contributed by atoms with E-state index < -0.39 is 34.3 Å². The number of halogens is 2. The van der Waals surface area contributed by atoms with Crippen molar-refractivity contribution in [1.82, 2.24) is 10.2 Å². The lowest BCUT2D eigenvalue weighted by molar-refractivity contribution is -0.140. The lowest BCUT2D eigenvalue weighted by Crippen LogP contribution is -2.54. The highest BCUT2D eigenvalue weighted by Crippen LogP contribution is 2.25. The quantitative estimate of drug-likeness (QED) is 0.360. The van der Waals surface area contributed by atoms with Crippen molar-refractivity contribution < 1.29 is 22.4 Å². The Morgan fingerprint density at radius 1 is 0.974 bits per heavy atom. The van der Waals surface area contributed by atoms with Crippen LogP contribution < -0.4 is 9.62 Å². The molecule has 10 heteroatoms. The summed E-state index contributed by atoms with van der Waals surface area (Å²) < 4.78 is 40.2. The van der Waals surface area contributed by atoms with Crippen molar-refractivity contribution in [2.45, 2.75) is 45.8 Å². The molecule has 1 unspecified atom stereocenters. The van der Waals surface area contributed by atoms with Gasteiger partial charge < -0.3 is 10.2 Å². The first kappa shape index (κ1) is 30.1. The Labute approximate surface area is 234 Å². The number of carbonyl (C=O) groups is 2. The van der Waals surface area contributed by atoms with E-state index in [4.69, 9.17) is 11.6 Å². The molecule has 0 spiro atoms. The summed E-state index contributed by atoms with van der Waals surface area (Å²) in [7, 11) is -3.98. The summed E-state index contributed by atoms with van der Waals surface area (Å²) in [6, 6.07) is 19.2. The van der Waals surface area contributed by atoms with Crippen molar-refractivity contribution in [3.8, 4) is 0 Å². The Morgan fingerprint density at radius 2 is 1.64 bits per heavy atom. The van der Waals surface area contributed by atoms with Crippen LogP contribution in [0.4, 0.5) is 10.1 Å². The fourth-order valence-electron chi connectivity index (χ4n) is 4.20. The molecule has 0 aliphatic heterocycles. The molecule has 1 N–H and O–H groups in total. The average Bonchev–Trinajstić information content (AvgIpc) is 2.86. The minimum absolute atomic E-state index is 0.0407. The topological polar surface area (TPSA) is 86.8 Å². The maximum atomic E-state index is 14.0. The highest BCUT2D eigenvalue weighted by Gasteiger charge is 2.33. The highest BCUT2D eigenvalue weighted by atomic mass is 35.5.